The Morgan fingerprint density at radius 1 is 1.11 bits per heavy atom. The second kappa shape index (κ2) is 5.53. The summed E-state index contributed by atoms with van der Waals surface area (Å²) in [5, 5.41) is 2.00. The molecular formula is C15H14BrN3. The minimum absolute atomic E-state index is 0.801. The zero-order valence-electron chi connectivity index (χ0n) is 10.5. The van der Waals surface area contributed by atoms with Gasteiger partial charge in [0.05, 0.1) is 17.5 Å². The highest BCUT2D eigenvalue weighted by Gasteiger charge is 2.03. The van der Waals surface area contributed by atoms with Gasteiger partial charge in [-0.15, -0.1) is 0 Å². The predicted molar refractivity (Wildman–Crippen MR) is 80.3 cm³/mol. The summed E-state index contributed by atoms with van der Waals surface area (Å²) in [7, 11) is 0. The Morgan fingerprint density at radius 3 is 2.84 bits per heavy atom. The van der Waals surface area contributed by atoms with Crippen molar-refractivity contribution in [2.24, 2.45) is 0 Å². The molecule has 2 heterocycles. The molecule has 0 N–H and O–H groups in total. The first-order chi connectivity index (χ1) is 9.36. The number of alkyl halides is 1. The lowest BCUT2D eigenvalue weighted by Crippen LogP contribution is -1.99. The third-order valence-corrected chi connectivity index (χ3v) is 3.75. The quantitative estimate of drug-likeness (QED) is 0.689. The standard InChI is InChI=1S/C15H14BrN3/c16-9-14-10-19(11-18-14)8-6-13-4-1-3-12-5-2-7-17-15(12)13/h1-5,7,10-11H,6,8-9H2. The predicted octanol–water partition coefficient (Wildman–Crippen LogP) is 3.57. The van der Waals surface area contributed by atoms with E-state index in [4.69, 9.17) is 0 Å². The van der Waals surface area contributed by atoms with E-state index in [1.54, 1.807) is 0 Å². The monoisotopic (exact) mass is 315 g/mol. The van der Waals surface area contributed by atoms with Crippen molar-refractivity contribution in [1.29, 1.82) is 0 Å². The number of hydrogen-bond donors (Lipinski definition) is 0. The van der Waals surface area contributed by atoms with E-state index in [1.165, 1.54) is 10.9 Å². The van der Waals surface area contributed by atoms with E-state index < -0.39 is 0 Å². The number of fused-ring (bicyclic) bond motifs is 1. The Bertz CT molecular complexity index is 685. The topological polar surface area (TPSA) is 30.7 Å². The molecule has 4 heteroatoms. The number of aromatic nitrogens is 3. The molecule has 3 rings (SSSR count). The smallest absolute Gasteiger partial charge is 0.0949 e. The lowest BCUT2D eigenvalue weighted by Gasteiger charge is -2.06. The molecule has 0 fully saturated rings. The molecule has 96 valence electrons. The van der Waals surface area contributed by atoms with E-state index in [0.717, 1.165) is 29.5 Å². The molecule has 0 spiro atoms. The first-order valence-electron chi connectivity index (χ1n) is 6.26. The third kappa shape index (κ3) is 2.68. The van der Waals surface area contributed by atoms with Crippen molar-refractivity contribution in [3.05, 3.63) is 60.3 Å². The van der Waals surface area contributed by atoms with Gasteiger partial charge in [-0.25, -0.2) is 4.98 Å². The maximum Gasteiger partial charge on any atom is 0.0949 e. The molecule has 3 aromatic rings. The van der Waals surface area contributed by atoms with Crippen LogP contribution in [0.5, 0.6) is 0 Å². The fraction of sp³-hybridized carbons (Fsp3) is 0.200. The van der Waals surface area contributed by atoms with Gasteiger partial charge in [-0.2, -0.15) is 0 Å². The Kier molecular flexibility index (Phi) is 3.60. The molecule has 0 radical (unpaired) electrons. The van der Waals surface area contributed by atoms with E-state index in [1.807, 2.05) is 18.6 Å². The molecule has 0 aliphatic rings. The van der Waals surface area contributed by atoms with Gasteiger partial charge in [0.1, 0.15) is 0 Å². The van der Waals surface area contributed by atoms with Gasteiger partial charge in [0.15, 0.2) is 0 Å². The van der Waals surface area contributed by atoms with Crippen LogP contribution in [0.3, 0.4) is 0 Å². The average molecular weight is 316 g/mol. The molecule has 0 bridgehead atoms. The van der Waals surface area contributed by atoms with Gasteiger partial charge in [-0.1, -0.05) is 40.2 Å². The SMILES string of the molecule is BrCc1cn(CCc2cccc3cccnc23)cn1. The van der Waals surface area contributed by atoms with E-state index in [0.29, 0.717) is 0 Å². The molecule has 3 nitrogen and oxygen atoms in total. The van der Waals surface area contributed by atoms with E-state index in [2.05, 4.69) is 60.9 Å². The van der Waals surface area contributed by atoms with Crippen molar-refractivity contribution < 1.29 is 0 Å². The van der Waals surface area contributed by atoms with Crippen molar-refractivity contribution in [3.63, 3.8) is 0 Å². The number of halogens is 1. The highest BCUT2D eigenvalue weighted by molar-refractivity contribution is 9.08. The largest absolute Gasteiger partial charge is 0.337 e. The van der Waals surface area contributed by atoms with Crippen LogP contribution in [-0.4, -0.2) is 14.5 Å². The molecule has 0 aliphatic heterocycles. The number of rotatable bonds is 4. The zero-order chi connectivity index (χ0) is 13.1. The summed E-state index contributed by atoms with van der Waals surface area (Å²) in [4.78, 5) is 8.79. The number of imidazole rings is 1. The number of aryl methyl sites for hydroxylation is 2. The van der Waals surface area contributed by atoms with Gasteiger partial charge in [-0.05, 0) is 18.1 Å². The van der Waals surface area contributed by atoms with Crippen LogP contribution in [0, 0.1) is 0 Å². The fourth-order valence-electron chi connectivity index (χ4n) is 2.22. The zero-order valence-corrected chi connectivity index (χ0v) is 12.0. The number of nitrogens with zero attached hydrogens (tertiary/aromatic N) is 3. The van der Waals surface area contributed by atoms with Crippen molar-refractivity contribution in [3.8, 4) is 0 Å². The molecule has 19 heavy (non-hydrogen) atoms. The Hall–Kier alpha value is -1.68. The molecular weight excluding hydrogens is 302 g/mol. The Labute approximate surface area is 120 Å². The summed E-state index contributed by atoms with van der Waals surface area (Å²) in [6.45, 7) is 0.926. The molecule has 0 aliphatic carbocycles. The molecule has 2 aromatic heterocycles. The summed E-state index contributed by atoms with van der Waals surface area (Å²) in [5.74, 6) is 0. The normalized spacial score (nSPS) is 11.0. The lowest BCUT2D eigenvalue weighted by atomic mass is 10.1. The highest BCUT2D eigenvalue weighted by atomic mass is 79.9. The fourth-order valence-corrected chi connectivity index (χ4v) is 2.51. The minimum Gasteiger partial charge on any atom is -0.337 e. The molecule has 0 amide bonds. The number of benzene rings is 1. The van der Waals surface area contributed by atoms with Gasteiger partial charge >= 0.3 is 0 Å². The van der Waals surface area contributed by atoms with Crippen molar-refractivity contribution >= 4 is 26.8 Å². The number of pyridine rings is 1. The Balaban J connectivity index is 1.81. The summed E-state index contributed by atoms with van der Waals surface area (Å²) in [6, 6.07) is 10.4. The van der Waals surface area contributed by atoms with Gasteiger partial charge in [0.25, 0.3) is 0 Å². The van der Waals surface area contributed by atoms with Crippen LogP contribution >= 0.6 is 15.9 Å². The molecule has 0 unspecified atom stereocenters. The van der Waals surface area contributed by atoms with E-state index >= 15 is 0 Å². The van der Waals surface area contributed by atoms with Crippen LogP contribution in [-0.2, 0) is 18.3 Å². The lowest BCUT2D eigenvalue weighted by molar-refractivity contribution is 0.697. The number of para-hydroxylation sites is 1. The van der Waals surface area contributed by atoms with Crippen LogP contribution in [0.1, 0.15) is 11.3 Å². The van der Waals surface area contributed by atoms with Gasteiger partial charge in [0.2, 0.25) is 0 Å². The van der Waals surface area contributed by atoms with E-state index in [-0.39, 0.29) is 0 Å². The number of hydrogen-bond acceptors (Lipinski definition) is 2. The molecule has 1 aromatic carbocycles. The molecule has 0 saturated heterocycles. The van der Waals surface area contributed by atoms with Crippen LogP contribution in [0.15, 0.2) is 49.1 Å². The minimum atomic E-state index is 0.801. The van der Waals surface area contributed by atoms with Crippen LogP contribution < -0.4 is 0 Å². The molecule has 0 atom stereocenters. The summed E-state index contributed by atoms with van der Waals surface area (Å²) >= 11 is 3.41. The maximum absolute atomic E-state index is 4.48. The van der Waals surface area contributed by atoms with Crippen molar-refractivity contribution in [1.82, 2.24) is 14.5 Å². The van der Waals surface area contributed by atoms with Crippen molar-refractivity contribution in [2.45, 2.75) is 18.3 Å². The van der Waals surface area contributed by atoms with E-state index in [9.17, 15) is 0 Å². The highest BCUT2D eigenvalue weighted by Crippen LogP contribution is 2.17. The first-order valence-corrected chi connectivity index (χ1v) is 7.38. The van der Waals surface area contributed by atoms with Gasteiger partial charge in [-0.3, -0.25) is 4.98 Å². The first kappa shape index (κ1) is 12.4. The second-order valence-electron chi connectivity index (χ2n) is 4.48. The second-order valence-corrected chi connectivity index (χ2v) is 5.04. The summed E-state index contributed by atoms with van der Waals surface area (Å²) in [6.07, 6.45) is 6.78. The van der Waals surface area contributed by atoms with Gasteiger partial charge in [0, 0.05) is 29.7 Å². The maximum atomic E-state index is 4.48. The van der Waals surface area contributed by atoms with Crippen molar-refractivity contribution in [2.75, 3.05) is 0 Å². The summed E-state index contributed by atoms with van der Waals surface area (Å²) in [5.41, 5.74) is 3.45. The third-order valence-electron chi connectivity index (χ3n) is 3.18. The summed E-state index contributed by atoms with van der Waals surface area (Å²) < 4.78 is 2.12. The Morgan fingerprint density at radius 2 is 2.00 bits per heavy atom. The average Bonchev–Trinajstić information content (AvgIpc) is 2.93. The van der Waals surface area contributed by atoms with Crippen LogP contribution in [0.25, 0.3) is 10.9 Å². The van der Waals surface area contributed by atoms with Gasteiger partial charge < -0.3 is 4.57 Å². The molecule has 0 saturated carbocycles. The van der Waals surface area contributed by atoms with Crippen LogP contribution in [0.2, 0.25) is 0 Å². The van der Waals surface area contributed by atoms with Crippen LogP contribution in [0.4, 0.5) is 0 Å².